The summed E-state index contributed by atoms with van der Waals surface area (Å²) >= 11 is 0. The monoisotopic (exact) mass is 528 g/mol. The molecule has 0 saturated carbocycles. The topological polar surface area (TPSA) is 132 Å². The summed E-state index contributed by atoms with van der Waals surface area (Å²) in [6.45, 7) is 5.36. The molecule has 5 rings (SSSR count). The third-order valence-electron chi connectivity index (χ3n) is 6.81. The lowest BCUT2D eigenvalue weighted by molar-refractivity contribution is -0.333. The number of nitrogens with one attached hydrogen (secondary N) is 4. The Labute approximate surface area is 227 Å². The second kappa shape index (κ2) is 11.4. The first kappa shape index (κ1) is 26.1. The van der Waals surface area contributed by atoms with Gasteiger partial charge >= 0.3 is 5.95 Å². The Balaban J connectivity index is 1.44. The third kappa shape index (κ3) is 5.65. The number of H-pyrrole nitrogens is 2. The van der Waals surface area contributed by atoms with Gasteiger partial charge in [0.1, 0.15) is 11.4 Å². The Bertz CT molecular complexity index is 1530. The predicted molar refractivity (Wildman–Crippen MR) is 153 cm³/mol. The fourth-order valence-electron chi connectivity index (χ4n) is 4.88. The number of amides is 1. The maximum absolute atomic E-state index is 12.1. The number of primary amides is 1. The Morgan fingerprint density at radius 1 is 1.13 bits per heavy atom. The molecule has 2 aromatic carbocycles. The number of aromatic amines is 2. The van der Waals surface area contributed by atoms with Crippen molar-refractivity contribution in [2.24, 2.45) is 5.73 Å². The summed E-state index contributed by atoms with van der Waals surface area (Å²) in [6.07, 6.45) is 6.33. The molecule has 10 heteroatoms. The number of benzene rings is 2. The smallest absolute Gasteiger partial charge is 0.351 e. The van der Waals surface area contributed by atoms with Gasteiger partial charge in [-0.2, -0.15) is 0 Å². The van der Waals surface area contributed by atoms with E-state index in [1.807, 2.05) is 18.3 Å². The van der Waals surface area contributed by atoms with Crippen molar-refractivity contribution in [2.45, 2.75) is 19.8 Å². The van der Waals surface area contributed by atoms with E-state index in [-0.39, 0.29) is 0 Å². The molecule has 0 unspecified atom stereocenters. The minimum atomic E-state index is -0.571. The zero-order valence-electron chi connectivity index (χ0n) is 22.4. The van der Waals surface area contributed by atoms with E-state index in [4.69, 9.17) is 20.2 Å². The number of methoxy groups -OCH3 is 2. The number of carbonyl (C=O) groups is 1. The van der Waals surface area contributed by atoms with Crippen molar-refractivity contribution in [1.29, 1.82) is 0 Å². The van der Waals surface area contributed by atoms with Gasteiger partial charge < -0.3 is 20.5 Å². The molecule has 0 fully saturated rings. The fourth-order valence-corrected chi connectivity index (χ4v) is 4.88. The van der Waals surface area contributed by atoms with E-state index in [1.165, 1.54) is 12.7 Å². The van der Waals surface area contributed by atoms with Crippen LogP contribution < -0.4 is 30.8 Å². The molecule has 0 radical (unpaired) electrons. The van der Waals surface area contributed by atoms with Crippen molar-refractivity contribution >= 4 is 45.7 Å². The van der Waals surface area contributed by atoms with Crippen LogP contribution in [0.2, 0.25) is 0 Å². The number of fused-ring (bicyclic) bond motifs is 1. The van der Waals surface area contributed by atoms with Gasteiger partial charge in [-0.15, -0.1) is 0 Å². The van der Waals surface area contributed by atoms with Crippen molar-refractivity contribution in [3.8, 4) is 11.5 Å². The molecule has 2 aromatic heterocycles. The highest BCUT2D eigenvalue weighted by Gasteiger charge is 2.20. The van der Waals surface area contributed by atoms with Crippen molar-refractivity contribution < 1.29 is 19.3 Å². The Hall–Kier alpha value is -4.57. The highest BCUT2D eigenvalue weighted by molar-refractivity contribution is 6.00. The summed E-state index contributed by atoms with van der Waals surface area (Å²) in [7, 11) is 3.20. The molecule has 0 bridgehead atoms. The van der Waals surface area contributed by atoms with Gasteiger partial charge in [0.15, 0.2) is 5.75 Å². The molecule has 1 aliphatic rings. The SMILES string of the molecule is CCCN1CCC=C(c2ccc(Nc3nc(Nc4ccc(OC)cc4C(N)=O)c4cc[nH]c4[nH+]3)c(OC)c2)C1. The lowest BCUT2D eigenvalue weighted by Crippen LogP contribution is -2.30. The zero-order chi connectivity index (χ0) is 27.4. The zero-order valence-corrected chi connectivity index (χ0v) is 22.4. The second-order valence-electron chi connectivity index (χ2n) is 9.44. The van der Waals surface area contributed by atoms with Crippen LogP contribution in [0, 0.1) is 0 Å². The summed E-state index contributed by atoms with van der Waals surface area (Å²) in [5.74, 6) is 1.70. The Morgan fingerprint density at radius 3 is 2.74 bits per heavy atom. The predicted octanol–water partition coefficient (Wildman–Crippen LogP) is 4.48. The van der Waals surface area contributed by atoms with Crippen LogP contribution in [0.1, 0.15) is 35.7 Å². The highest BCUT2D eigenvalue weighted by Crippen LogP contribution is 2.33. The first-order valence-electron chi connectivity index (χ1n) is 13.0. The normalized spacial score (nSPS) is 13.7. The lowest BCUT2D eigenvalue weighted by Gasteiger charge is -2.27. The van der Waals surface area contributed by atoms with Gasteiger partial charge in [-0.05, 0) is 66.9 Å². The summed E-state index contributed by atoms with van der Waals surface area (Å²) in [5.41, 5.74) is 10.4. The van der Waals surface area contributed by atoms with Crippen molar-refractivity contribution in [3.05, 3.63) is 65.9 Å². The Morgan fingerprint density at radius 2 is 1.97 bits per heavy atom. The van der Waals surface area contributed by atoms with Gasteiger partial charge in [0.2, 0.25) is 11.5 Å². The number of rotatable bonds is 10. The molecule has 39 heavy (non-hydrogen) atoms. The number of anilines is 4. The lowest BCUT2D eigenvalue weighted by atomic mass is 10.00. The minimum Gasteiger partial charge on any atom is -0.497 e. The number of nitrogens with zero attached hydrogens (tertiary/aromatic N) is 2. The molecule has 4 aromatic rings. The van der Waals surface area contributed by atoms with Crippen LogP contribution in [0.4, 0.5) is 23.1 Å². The van der Waals surface area contributed by atoms with E-state index in [2.05, 4.69) is 50.6 Å². The summed E-state index contributed by atoms with van der Waals surface area (Å²) in [4.78, 5) is 25.9. The average molecular weight is 529 g/mol. The van der Waals surface area contributed by atoms with Gasteiger partial charge in [-0.3, -0.25) is 20.0 Å². The molecule has 202 valence electrons. The molecule has 1 aliphatic heterocycles. The molecule has 1 amide bonds. The first-order valence-corrected chi connectivity index (χ1v) is 13.0. The molecular weight excluding hydrogens is 494 g/mol. The number of nitrogens with two attached hydrogens (primary N) is 1. The van der Waals surface area contributed by atoms with Gasteiger partial charge in [0, 0.05) is 19.3 Å². The van der Waals surface area contributed by atoms with Gasteiger partial charge in [0.05, 0.1) is 30.9 Å². The molecule has 0 saturated heterocycles. The van der Waals surface area contributed by atoms with Crippen LogP contribution in [0.15, 0.2) is 54.7 Å². The fraction of sp³-hybridized carbons (Fsp3) is 0.276. The van der Waals surface area contributed by atoms with Gasteiger partial charge in [-0.1, -0.05) is 24.1 Å². The van der Waals surface area contributed by atoms with Crippen LogP contribution in [0.25, 0.3) is 16.6 Å². The van der Waals surface area contributed by atoms with Crippen LogP contribution in [-0.2, 0) is 0 Å². The third-order valence-corrected chi connectivity index (χ3v) is 6.81. The maximum atomic E-state index is 12.1. The molecular formula is C29H34N7O3+. The highest BCUT2D eigenvalue weighted by atomic mass is 16.5. The van der Waals surface area contributed by atoms with Crippen molar-refractivity contribution in [1.82, 2.24) is 14.9 Å². The number of carbonyl (C=O) groups excluding carboxylic acids is 1. The summed E-state index contributed by atoms with van der Waals surface area (Å²) in [6, 6.07) is 13.2. The second-order valence-corrected chi connectivity index (χ2v) is 9.44. The summed E-state index contributed by atoms with van der Waals surface area (Å²) < 4.78 is 11.0. The van der Waals surface area contributed by atoms with Crippen molar-refractivity contribution in [2.75, 3.05) is 44.5 Å². The molecule has 6 N–H and O–H groups in total. The molecule has 0 aliphatic carbocycles. The van der Waals surface area contributed by atoms with Crippen molar-refractivity contribution in [3.63, 3.8) is 0 Å². The van der Waals surface area contributed by atoms with E-state index in [1.54, 1.807) is 25.3 Å². The average Bonchev–Trinajstić information content (AvgIpc) is 3.43. The number of hydrogen-bond donors (Lipinski definition) is 4. The molecule has 3 heterocycles. The standard InChI is InChI=1S/C29H33N7O3/c1-4-13-36-14-5-6-19(17-36)18-7-9-24(25(15-18)39-3)33-29-34-27-21(11-12-31-27)28(35-29)32-23-10-8-20(38-2)16-22(23)26(30)37/h6-12,15-16H,4-5,13-14,17H2,1-3H3,(H2,30,37)(H3,31,32,33,34,35)/p+1. The van der Waals surface area contributed by atoms with E-state index in [9.17, 15) is 4.79 Å². The maximum Gasteiger partial charge on any atom is 0.351 e. The van der Waals surface area contributed by atoms with Crippen LogP contribution in [0.5, 0.6) is 11.5 Å². The van der Waals surface area contributed by atoms with E-state index in [0.717, 1.165) is 54.8 Å². The largest absolute Gasteiger partial charge is 0.497 e. The Kier molecular flexibility index (Phi) is 7.64. The van der Waals surface area contributed by atoms with E-state index in [0.29, 0.717) is 34.5 Å². The molecule has 10 nitrogen and oxygen atoms in total. The quantitative estimate of drug-likeness (QED) is 0.239. The van der Waals surface area contributed by atoms with Crippen LogP contribution in [-0.4, -0.2) is 54.6 Å². The van der Waals surface area contributed by atoms with Gasteiger partial charge in [-0.25, -0.2) is 4.98 Å². The molecule has 0 spiro atoms. The van der Waals surface area contributed by atoms with Crippen LogP contribution >= 0.6 is 0 Å². The van der Waals surface area contributed by atoms with Crippen LogP contribution in [0.3, 0.4) is 0 Å². The number of aromatic nitrogens is 3. The number of ether oxygens (including phenoxy) is 2. The molecule has 0 atom stereocenters. The van der Waals surface area contributed by atoms with E-state index < -0.39 is 5.91 Å². The minimum absolute atomic E-state index is 0.300. The number of hydrogen-bond acceptors (Lipinski definition) is 7. The van der Waals surface area contributed by atoms with E-state index >= 15 is 0 Å². The first-order chi connectivity index (χ1) is 19.0. The van der Waals surface area contributed by atoms with Gasteiger partial charge in [0.25, 0.3) is 5.91 Å². The summed E-state index contributed by atoms with van der Waals surface area (Å²) in [5, 5.41) is 7.43.